The molecule has 4 aliphatic carbocycles. The lowest BCUT2D eigenvalue weighted by Crippen LogP contribution is -2.66. The van der Waals surface area contributed by atoms with E-state index in [4.69, 9.17) is 24.0 Å². The van der Waals surface area contributed by atoms with Crippen molar-refractivity contribution >= 4 is 22.0 Å². The minimum absolute atomic E-state index is 0.0881. The number of hydrogen-bond acceptors (Lipinski definition) is 6. The molecule has 6 aliphatic rings. The second kappa shape index (κ2) is 8.02. The quantitative estimate of drug-likeness (QED) is 0.496. The fourth-order valence-corrected chi connectivity index (χ4v) is 10.4. The lowest BCUT2D eigenvalue weighted by Gasteiger charge is -2.61. The van der Waals surface area contributed by atoms with Gasteiger partial charge in [-0.3, -0.25) is 0 Å². The number of hydrogen-bond donors (Lipinski definition) is 1. The van der Waals surface area contributed by atoms with Gasteiger partial charge >= 0.3 is 0 Å². The zero-order chi connectivity index (χ0) is 25.9. The summed E-state index contributed by atoms with van der Waals surface area (Å²) >= 11 is 3.60. The Morgan fingerprint density at radius 3 is 2.82 bits per heavy atom. The van der Waals surface area contributed by atoms with Gasteiger partial charge in [0.05, 0.1) is 23.7 Å². The molecule has 3 heterocycles. The van der Waals surface area contributed by atoms with Crippen LogP contribution in [0, 0.1) is 28.6 Å². The average Bonchev–Trinajstić information content (AvgIpc) is 3.66. The highest BCUT2D eigenvalue weighted by Gasteiger charge is 2.76. The van der Waals surface area contributed by atoms with Gasteiger partial charge in [0.2, 0.25) is 5.79 Å². The summed E-state index contributed by atoms with van der Waals surface area (Å²) in [4.78, 5) is 0. The fraction of sp³-hybridized carbons (Fsp3) is 0.633. The molecule has 0 radical (unpaired) electrons. The molecule has 202 valence electrons. The number of aliphatic hydroxyl groups is 1. The highest BCUT2D eigenvalue weighted by Crippen LogP contribution is 2.71. The van der Waals surface area contributed by atoms with Crippen LogP contribution in [0.25, 0.3) is 11.8 Å². The predicted molar refractivity (Wildman–Crippen MR) is 143 cm³/mol. The number of benzene rings is 1. The number of fused-ring (bicyclic) bond motifs is 8. The van der Waals surface area contributed by atoms with E-state index in [1.807, 2.05) is 12.3 Å². The lowest BCUT2D eigenvalue weighted by molar-refractivity contribution is -0.257. The van der Waals surface area contributed by atoms with Gasteiger partial charge in [-0.1, -0.05) is 41.4 Å². The number of aliphatic hydroxyl groups excluding tert-OH is 1. The average molecular weight is 584 g/mol. The van der Waals surface area contributed by atoms with Crippen LogP contribution in [0.3, 0.4) is 0 Å². The molecule has 8 atom stereocenters. The number of nitrogens with zero attached hydrogens (tertiary/aromatic N) is 2. The SMILES string of the molecule is C[C@]12Cc3cnn(-c4cccc(Br)c4)c3C=C1CC[C@@H]1[C@@H]2[C@@H](O)C[C@@]2(C)[C@H]1CC[C@@]21OCOC12COCO2. The molecule has 7 nitrogen and oxygen atoms in total. The Hall–Kier alpha value is -1.55. The van der Waals surface area contributed by atoms with Crippen LogP contribution in [0.1, 0.15) is 57.2 Å². The van der Waals surface area contributed by atoms with Crippen LogP contribution < -0.4 is 0 Å². The second-order valence-electron chi connectivity index (χ2n) is 12.9. The number of allylic oxidation sites excluding steroid dienone is 1. The first-order valence-corrected chi connectivity index (χ1v) is 14.8. The highest BCUT2D eigenvalue weighted by atomic mass is 79.9. The molecule has 8 rings (SSSR count). The first-order chi connectivity index (χ1) is 18.3. The Bertz CT molecular complexity index is 1330. The summed E-state index contributed by atoms with van der Waals surface area (Å²) in [7, 11) is 0. The van der Waals surface area contributed by atoms with Gasteiger partial charge in [0, 0.05) is 9.89 Å². The number of aromatic nitrogens is 2. The van der Waals surface area contributed by atoms with E-state index in [-0.39, 0.29) is 30.3 Å². The Labute approximate surface area is 231 Å². The summed E-state index contributed by atoms with van der Waals surface area (Å²) in [5.74, 6) is 0.225. The summed E-state index contributed by atoms with van der Waals surface area (Å²) in [6.45, 7) is 5.59. The van der Waals surface area contributed by atoms with Gasteiger partial charge < -0.3 is 24.1 Å². The largest absolute Gasteiger partial charge is 0.393 e. The van der Waals surface area contributed by atoms with Crippen LogP contribution in [0.5, 0.6) is 0 Å². The minimum Gasteiger partial charge on any atom is -0.393 e. The van der Waals surface area contributed by atoms with Gasteiger partial charge in [-0.05, 0) is 91.5 Å². The van der Waals surface area contributed by atoms with E-state index in [1.54, 1.807) is 0 Å². The van der Waals surface area contributed by atoms with Gasteiger partial charge in [-0.2, -0.15) is 5.10 Å². The monoisotopic (exact) mass is 582 g/mol. The van der Waals surface area contributed by atoms with Crippen molar-refractivity contribution in [2.45, 2.75) is 69.9 Å². The molecule has 1 aromatic carbocycles. The molecule has 2 aromatic rings. The molecule has 2 saturated heterocycles. The Morgan fingerprint density at radius 2 is 2.00 bits per heavy atom. The van der Waals surface area contributed by atoms with Crippen molar-refractivity contribution in [2.75, 3.05) is 20.2 Å². The van der Waals surface area contributed by atoms with E-state index < -0.39 is 17.5 Å². The van der Waals surface area contributed by atoms with Crippen molar-refractivity contribution in [1.29, 1.82) is 0 Å². The smallest absolute Gasteiger partial charge is 0.226 e. The van der Waals surface area contributed by atoms with Crippen molar-refractivity contribution in [1.82, 2.24) is 9.78 Å². The highest BCUT2D eigenvalue weighted by molar-refractivity contribution is 9.10. The van der Waals surface area contributed by atoms with E-state index in [2.05, 4.69) is 58.7 Å². The minimum atomic E-state index is -0.854. The second-order valence-corrected chi connectivity index (χ2v) is 13.8. The number of halogens is 1. The maximum Gasteiger partial charge on any atom is 0.226 e. The molecular formula is C30H35BrN2O5. The van der Waals surface area contributed by atoms with Crippen molar-refractivity contribution in [3.63, 3.8) is 0 Å². The Balaban J connectivity index is 1.16. The fourth-order valence-electron chi connectivity index (χ4n) is 9.97. The molecule has 2 aliphatic heterocycles. The third kappa shape index (κ3) is 2.89. The van der Waals surface area contributed by atoms with Crippen LogP contribution in [0.15, 0.2) is 40.5 Å². The van der Waals surface area contributed by atoms with Crippen molar-refractivity contribution in [3.8, 4) is 5.69 Å². The van der Waals surface area contributed by atoms with Gasteiger partial charge in [-0.15, -0.1) is 0 Å². The standard InChI is InChI=1S/C30H35BrN2O5/c1-27-12-18-14-32-33(21-5-3-4-20(31)11-21)24(18)10-19(27)6-7-22-23-8-9-29(28(23,2)13-25(34)26(22)27)30(38-17-36-29)15-35-16-37-30/h3-5,10-11,14,22-23,25-26,34H,6-9,12-13,15-17H2,1-2H3/t22-,23-,25-,26+,27-,28-,29+,30?/m0/s1. The zero-order valence-corrected chi connectivity index (χ0v) is 23.6. The van der Waals surface area contributed by atoms with Crippen LogP contribution >= 0.6 is 15.9 Å². The molecule has 1 unspecified atom stereocenters. The predicted octanol–water partition coefficient (Wildman–Crippen LogP) is 5.23. The lowest BCUT2D eigenvalue weighted by atomic mass is 9.45. The number of ether oxygens (including phenoxy) is 4. The van der Waals surface area contributed by atoms with Crippen molar-refractivity contribution in [2.24, 2.45) is 28.6 Å². The molecule has 38 heavy (non-hydrogen) atoms. The van der Waals surface area contributed by atoms with E-state index in [0.717, 1.165) is 42.3 Å². The van der Waals surface area contributed by atoms with Gasteiger partial charge in [0.1, 0.15) is 12.2 Å². The Morgan fingerprint density at radius 1 is 1.13 bits per heavy atom. The van der Waals surface area contributed by atoms with Gasteiger partial charge in [0.25, 0.3) is 0 Å². The Kier molecular flexibility index (Phi) is 5.12. The molecule has 1 aromatic heterocycles. The molecule has 2 spiro atoms. The summed E-state index contributed by atoms with van der Waals surface area (Å²) in [5.41, 5.74) is 4.07. The maximum atomic E-state index is 12.0. The van der Waals surface area contributed by atoms with E-state index in [9.17, 15) is 5.11 Å². The molecule has 0 bridgehead atoms. The molecule has 8 heteroatoms. The first kappa shape index (κ1) is 24.3. The first-order valence-electron chi connectivity index (χ1n) is 14.0. The maximum absolute atomic E-state index is 12.0. The van der Waals surface area contributed by atoms with Crippen LogP contribution in [-0.4, -0.2) is 52.6 Å². The third-order valence-electron chi connectivity index (χ3n) is 11.5. The zero-order valence-electron chi connectivity index (χ0n) is 22.0. The van der Waals surface area contributed by atoms with Crippen molar-refractivity contribution in [3.05, 3.63) is 51.8 Å². The van der Waals surface area contributed by atoms with Crippen molar-refractivity contribution < 1.29 is 24.1 Å². The summed E-state index contributed by atoms with van der Waals surface area (Å²) in [6.07, 6.45) is 9.70. The van der Waals surface area contributed by atoms with Gasteiger partial charge in [0.15, 0.2) is 13.6 Å². The normalized spacial score (nSPS) is 45.1. The van der Waals surface area contributed by atoms with Crippen LogP contribution in [0.2, 0.25) is 0 Å². The topological polar surface area (TPSA) is 75.0 Å². The van der Waals surface area contributed by atoms with Gasteiger partial charge in [-0.25, -0.2) is 4.68 Å². The summed E-state index contributed by atoms with van der Waals surface area (Å²) in [6, 6.07) is 8.30. The van der Waals surface area contributed by atoms with E-state index in [0.29, 0.717) is 24.9 Å². The molecule has 1 N–H and O–H groups in total. The summed E-state index contributed by atoms with van der Waals surface area (Å²) in [5, 5.41) is 16.8. The molecule has 3 saturated carbocycles. The van der Waals surface area contributed by atoms with Crippen LogP contribution in [0.4, 0.5) is 0 Å². The molecule has 5 fully saturated rings. The van der Waals surface area contributed by atoms with E-state index >= 15 is 0 Å². The van der Waals surface area contributed by atoms with E-state index in [1.165, 1.54) is 16.8 Å². The third-order valence-corrected chi connectivity index (χ3v) is 12.0. The molecular weight excluding hydrogens is 548 g/mol. The number of rotatable bonds is 1. The summed E-state index contributed by atoms with van der Waals surface area (Å²) < 4.78 is 27.6. The van der Waals surface area contributed by atoms with Crippen LogP contribution in [-0.2, 0) is 25.4 Å². The molecule has 0 amide bonds.